The Balaban J connectivity index is 1.77. The minimum absolute atomic E-state index is 0.0316. The number of fused-ring (bicyclic) bond motifs is 1. The molecule has 2 N–H and O–H groups in total. The van der Waals surface area contributed by atoms with Crippen molar-refractivity contribution in [3.8, 4) is 5.75 Å². The molecule has 0 aliphatic carbocycles. The van der Waals surface area contributed by atoms with Crippen LogP contribution in [-0.2, 0) is 26.3 Å². The van der Waals surface area contributed by atoms with Crippen molar-refractivity contribution in [2.24, 2.45) is 0 Å². The molecule has 1 heterocycles. The number of nitrogens with one attached hydrogen (secondary N) is 2. The minimum atomic E-state index is -4.29. The lowest BCUT2D eigenvalue weighted by Crippen LogP contribution is -2.30. The monoisotopic (exact) mass is 501 g/mol. The molecule has 35 heavy (non-hydrogen) atoms. The summed E-state index contributed by atoms with van der Waals surface area (Å²) in [4.78, 5) is 24.0. The van der Waals surface area contributed by atoms with Crippen LogP contribution >= 0.6 is 0 Å². The molecule has 3 aromatic carbocycles. The van der Waals surface area contributed by atoms with Gasteiger partial charge in [0.2, 0.25) is 0 Å². The van der Waals surface area contributed by atoms with Gasteiger partial charge in [-0.05, 0) is 56.0 Å². The Bertz CT molecular complexity index is 1400. The van der Waals surface area contributed by atoms with Gasteiger partial charge in [-0.3, -0.25) is 10.1 Å². The maximum Gasteiger partial charge on any atom is 0.412 e. The van der Waals surface area contributed by atoms with E-state index in [1.165, 1.54) is 24.3 Å². The molecule has 2 amide bonds. The van der Waals surface area contributed by atoms with E-state index in [2.05, 4.69) is 5.32 Å². The molecule has 0 radical (unpaired) electrons. The summed E-state index contributed by atoms with van der Waals surface area (Å²) in [6, 6.07) is 14.9. The molecule has 1 saturated heterocycles. The van der Waals surface area contributed by atoms with Gasteiger partial charge in [0.1, 0.15) is 30.2 Å². The summed E-state index contributed by atoms with van der Waals surface area (Å²) in [5.74, 6) is -1.74. The average molecular weight is 502 g/mol. The molecule has 184 valence electrons. The first-order valence-corrected chi connectivity index (χ1v) is 12.1. The van der Waals surface area contributed by atoms with Gasteiger partial charge in [0.25, 0.3) is 5.91 Å². The van der Waals surface area contributed by atoms with Crippen molar-refractivity contribution in [1.82, 2.24) is 4.72 Å². The van der Waals surface area contributed by atoms with Crippen LogP contribution in [0.5, 0.6) is 5.75 Å². The Hall–Kier alpha value is -3.86. The van der Waals surface area contributed by atoms with E-state index in [0.717, 1.165) is 5.56 Å². The number of nitrogens with zero attached hydrogens (tertiary/aromatic N) is 1. The van der Waals surface area contributed by atoms with Gasteiger partial charge >= 0.3 is 16.3 Å². The van der Waals surface area contributed by atoms with Gasteiger partial charge in [-0.2, -0.15) is 8.42 Å². The van der Waals surface area contributed by atoms with Gasteiger partial charge in [0.15, 0.2) is 5.82 Å². The van der Waals surface area contributed by atoms with Crippen LogP contribution in [0, 0.1) is 5.82 Å². The lowest BCUT2D eigenvalue weighted by molar-refractivity contribution is -0.117. The lowest BCUT2D eigenvalue weighted by atomic mass is 10.1. The Kier molecular flexibility index (Phi) is 6.28. The fourth-order valence-corrected chi connectivity index (χ4v) is 4.71. The minimum Gasteiger partial charge on any atom is -0.487 e. The van der Waals surface area contributed by atoms with E-state index in [1.54, 1.807) is 32.9 Å². The predicted octanol–water partition coefficient (Wildman–Crippen LogP) is 4.09. The lowest BCUT2D eigenvalue weighted by Gasteiger charge is -2.22. The third kappa shape index (κ3) is 5.46. The van der Waals surface area contributed by atoms with E-state index < -0.39 is 40.2 Å². The van der Waals surface area contributed by atoms with Gasteiger partial charge in [-0.25, -0.2) is 18.2 Å². The first-order valence-electron chi connectivity index (χ1n) is 10.7. The van der Waals surface area contributed by atoms with E-state index in [9.17, 15) is 18.0 Å². The highest BCUT2D eigenvalue weighted by Gasteiger charge is 2.38. The van der Waals surface area contributed by atoms with Crippen molar-refractivity contribution < 1.29 is 31.9 Å². The molecule has 11 heteroatoms. The van der Waals surface area contributed by atoms with Crippen molar-refractivity contribution in [2.45, 2.75) is 33.0 Å². The third-order valence-electron chi connectivity index (χ3n) is 4.97. The topological polar surface area (TPSA) is 114 Å². The molecule has 1 fully saturated rings. The van der Waals surface area contributed by atoms with Crippen LogP contribution in [0.1, 0.15) is 26.3 Å². The summed E-state index contributed by atoms with van der Waals surface area (Å²) in [5.41, 5.74) is 0.0449. The molecule has 0 aromatic heterocycles. The molecule has 1 aliphatic rings. The first kappa shape index (κ1) is 24.3. The smallest absolute Gasteiger partial charge is 0.412 e. The second-order valence-electron chi connectivity index (χ2n) is 8.91. The summed E-state index contributed by atoms with van der Waals surface area (Å²) in [5, 5.41) is 3.02. The van der Waals surface area contributed by atoms with Gasteiger partial charge in [-0.1, -0.05) is 30.3 Å². The Morgan fingerprint density at radius 2 is 1.86 bits per heavy atom. The molecule has 0 saturated carbocycles. The van der Waals surface area contributed by atoms with E-state index in [-0.39, 0.29) is 23.4 Å². The Morgan fingerprint density at radius 3 is 2.49 bits per heavy atom. The molecule has 4 rings (SSSR count). The largest absolute Gasteiger partial charge is 0.487 e. The fourth-order valence-electron chi connectivity index (χ4n) is 3.55. The van der Waals surface area contributed by atoms with Crippen LogP contribution in [0.3, 0.4) is 0 Å². The van der Waals surface area contributed by atoms with Crippen LogP contribution in [0.2, 0.25) is 0 Å². The number of ether oxygens (including phenoxy) is 2. The van der Waals surface area contributed by atoms with Crippen molar-refractivity contribution in [3.05, 3.63) is 66.0 Å². The SMILES string of the molecule is CC(C)(C)OC(=O)Nc1ccc2c(F)c(N3CC(=O)NS3(=O)=O)c(OCc3ccccc3)cc2c1. The highest BCUT2D eigenvalue weighted by molar-refractivity contribution is 7.92. The summed E-state index contributed by atoms with van der Waals surface area (Å²) in [7, 11) is -4.29. The van der Waals surface area contributed by atoms with Crippen LogP contribution < -0.4 is 19.1 Å². The van der Waals surface area contributed by atoms with Crippen molar-refractivity contribution in [2.75, 3.05) is 16.2 Å². The normalized spacial score (nSPS) is 15.1. The molecule has 0 bridgehead atoms. The Labute approximate surface area is 202 Å². The highest BCUT2D eigenvalue weighted by atomic mass is 32.2. The number of carbonyl (C=O) groups excluding carboxylic acids is 2. The van der Waals surface area contributed by atoms with E-state index in [4.69, 9.17) is 9.47 Å². The molecule has 0 unspecified atom stereocenters. The number of rotatable bonds is 5. The van der Waals surface area contributed by atoms with Gasteiger partial charge in [0, 0.05) is 11.1 Å². The van der Waals surface area contributed by atoms with Crippen LogP contribution in [0.25, 0.3) is 10.8 Å². The number of benzene rings is 3. The van der Waals surface area contributed by atoms with Crippen molar-refractivity contribution in [3.63, 3.8) is 0 Å². The number of anilines is 2. The molecule has 1 aliphatic heterocycles. The van der Waals surface area contributed by atoms with Gasteiger partial charge in [-0.15, -0.1) is 0 Å². The third-order valence-corrected chi connectivity index (χ3v) is 6.35. The van der Waals surface area contributed by atoms with Crippen molar-refractivity contribution >= 4 is 44.4 Å². The van der Waals surface area contributed by atoms with Crippen molar-refractivity contribution in [1.29, 1.82) is 0 Å². The highest BCUT2D eigenvalue weighted by Crippen LogP contribution is 2.40. The van der Waals surface area contributed by atoms with E-state index in [1.807, 2.05) is 22.9 Å². The van der Waals surface area contributed by atoms with Crippen LogP contribution in [0.4, 0.5) is 20.6 Å². The second kappa shape index (κ2) is 9.06. The standard InChI is InChI=1S/C24H24FN3O6S/c1-24(2,3)34-23(30)26-17-9-10-18-16(11-17)12-19(33-14-15-7-5-4-6-8-15)22(21(18)25)28-13-20(29)27-35(28,31)32/h4-12H,13-14H2,1-3H3,(H,26,30)(H,27,29). The number of carbonyl (C=O) groups is 2. The first-order chi connectivity index (χ1) is 16.4. The zero-order valence-electron chi connectivity index (χ0n) is 19.3. The zero-order chi connectivity index (χ0) is 25.4. The quantitative estimate of drug-likeness (QED) is 0.545. The van der Waals surface area contributed by atoms with Gasteiger partial charge < -0.3 is 9.47 Å². The maximum atomic E-state index is 15.8. The summed E-state index contributed by atoms with van der Waals surface area (Å²) in [6.07, 6.45) is -0.678. The molecular formula is C24H24FN3O6S. The average Bonchev–Trinajstić information content (AvgIpc) is 3.03. The van der Waals surface area contributed by atoms with E-state index in [0.29, 0.717) is 15.4 Å². The summed E-state index contributed by atoms with van der Waals surface area (Å²) >= 11 is 0. The van der Waals surface area contributed by atoms with Crippen LogP contribution in [0.15, 0.2) is 54.6 Å². The number of halogens is 1. The molecule has 9 nitrogen and oxygen atoms in total. The summed E-state index contributed by atoms with van der Waals surface area (Å²) in [6.45, 7) is 4.64. The molecule has 3 aromatic rings. The second-order valence-corrected chi connectivity index (χ2v) is 10.5. The number of hydrogen-bond donors (Lipinski definition) is 2. The molecule has 0 spiro atoms. The number of amides is 2. The fraction of sp³-hybridized carbons (Fsp3) is 0.250. The Morgan fingerprint density at radius 1 is 1.14 bits per heavy atom. The molecule has 0 atom stereocenters. The summed E-state index contributed by atoms with van der Waals surface area (Å²) < 4.78 is 54.3. The zero-order valence-corrected chi connectivity index (χ0v) is 20.1. The number of hydrogen-bond acceptors (Lipinski definition) is 6. The maximum absolute atomic E-state index is 15.8. The van der Waals surface area contributed by atoms with E-state index >= 15 is 4.39 Å². The predicted molar refractivity (Wildman–Crippen MR) is 129 cm³/mol. The van der Waals surface area contributed by atoms with Gasteiger partial charge in [0.05, 0.1) is 0 Å². The van der Waals surface area contributed by atoms with Crippen LogP contribution in [-0.4, -0.2) is 32.6 Å². The molecular weight excluding hydrogens is 477 g/mol.